The Morgan fingerprint density at radius 1 is 1.25 bits per heavy atom. The van der Waals surface area contributed by atoms with Gasteiger partial charge in [-0.2, -0.15) is 5.10 Å². The van der Waals surface area contributed by atoms with Crippen molar-refractivity contribution in [2.45, 2.75) is 26.9 Å². The second-order valence-corrected chi connectivity index (χ2v) is 5.51. The van der Waals surface area contributed by atoms with Crippen LogP contribution in [-0.4, -0.2) is 19.3 Å². The fraction of sp³-hybridized carbons (Fsp3) is 0.333. The second-order valence-electron chi connectivity index (χ2n) is 5.51. The van der Waals surface area contributed by atoms with Gasteiger partial charge in [-0.25, -0.2) is 9.67 Å². The molecule has 20 heavy (non-hydrogen) atoms. The van der Waals surface area contributed by atoms with Crippen LogP contribution in [0.4, 0.5) is 5.69 Å². The van der Waals surface area contributed by atoms with E-state index < -0.39 is 0 Å². The van der Waals surface area contributed by atoms with Gasteiger partial charge in [-0.1, -0.05) is 13.8 Å². The Balaban J connectivity index is 1.92. The molecule has 0 aliphatic carbocycles. The number of benzene rings is 1. The van der Waals surface area contributed by atoms with Gasteiger partial charge in [0.25, 0.3) is 0 Å². The molecular formula is C15H19N5. The number of hydrogen-bond donors (Lipinski definition) is 1. The maximum Gasteiger partial charge on any atom is 0.146 e. The number of nitrogen functional groups attached to an aromatic ring is 1. The minimum Gasteiger partial charge on any atom is -0.399 e. The molecule has 0 amide bonds. The highest BCUT2D eigenvalue weighted by Crippen LogP contribution is 2.19. The van der Waals surface area contributed by atoms with Crippen molar-refractivity contribution in [2.75, 3.05) is 5.73 Å². The fourth-order valence-electron chi connectivity index (χ4n) is 2.42. The van der Waals surface area contributed by atoms with Crippen molar-refractivity contribution in [3.8, 4) is 0 Å². The highest BCUT2D eigenvalue weighted by atomic mass is 15.3. The van der Waals surface area contributed by atoms with Gasteiger partial charge < -0.3 is 10.3 Å². The van der Waals surface area contributed by atoms with Gasteiger partial charge in [0.05, 0.1) is 6.54 Å². The molecule has 0 aliphatic rings. The quantitative estimate of drug-likeness (QED) is 0.740. The first-order chi connectivity index (χ1) is 9.63. The summed E-state index contributed by atoms with van der Waals surface area (Å²) in [7, 11) is 0. The smallest absolute Gasteiger partial charge is 0.146 e. The summed E-state index contributed by atoms with van der Waals surface area (Å²) in [5, 5.41) is 5.46. The van der Waals surface area contributed by atoms with Gasteiger partial charge in [0.1, 0.15) is 12.2 Å². The van der Waals surface area contributed by atoms with Crippen LogP contribution in [0.25, 0.3) is 10.9 Å². The number of hydrogen-bond acceptors (Lipinski definition) is 3. The van der Waals surface area contributed by atoms with Crippen molar-refractivity contribution in [1.29, 1.82) is 0 Å². The summed E-state index contributed by atoms with van der Waals surface area (Å²) < 4.78 is 4.16. The minimum absolute atomic E-state index is 0.552. The standard InChI is InChI=1S/C15H19N5/c1-11(2)8-20-15(17-10-18-20)9-19-6-5-12-7-13(16)3-4-14(12)19/h3-7,10-11H,8-9,16H2,1-2H3. The van der Waals surface area contributed by atoms with Crippen LogP contribution in [-0.2, 0) is 13.1 Å². The Kier molecular flexibility index (Phi) is 3.18. The average molecular weight is 269 g/mol. The van der Waals surface area contributed by atoms with Crippen LogP contribution in [0.3, 0.4) is 0 Å². The molecule has 3 aromatic rings. The van der Waals surface area contributed by atoms with Crippen LogP contribution >= 0.6 is 0 Å². The molecule has 0 radical (unpaired) electrons. The third kappa shape index (κ3) is 2.39. The van der Waals surface area contributed by atoms with Crippen LogP contribution in [0.1, 0.15) is 19.7 Å². The van der Waals surface area contributed by atoms with E-state index in [9.17, 15) is 0 Å². The van der Waals surface area contributed by atoms with Gasteiger partial charge in [0, 0.05) is 29.3 Å². The van der Waals surface area contributed by atoms with E-state index >= 15 is 0 Å². The van der Waals surface area contributed by atoms with Crippen LogP contribution in [0.2, 0.25) is 0 Å². The summed E-state index contributed by atoms with van der Waals surface area (Å²) in [6.07, 6.45) is 3.69. The molecule has 0 saturated heterocycles. The SMILES string of the molecule is CC(C)Cn1ncnc1Cn1ccc2cc(N)ccc21. The zero-order chi connectivity index (χ0) is 14.1. The highest BCUT2D eigenvalue weighted by molar-refractivity contribution is 5.83. The summed E-state index contributed by atoms with van der Waals surface area (Å²) in [5.74, 6) is 1.53. The van der Waals surface area contributed by atoms with Crippen molar-refractivity contribution in [3.63, 3.8) is 0 Å². The van der Waals surface area contributed by atoms with Crippen LogP contribution in [0, 0.1) is 5.92 Å². The van der Waals surface area contributed by atoms with Gasteiger partial charge in [0.15, 0.2) is 0 Å². The monoisotopic (exact) mass is 269 g/mol. The van der Waals surface area contributed by atoms with Crippen molar-refractivity contribution < 1.29 is 0 Å². The van der Waals surface area contributed by atoms with Crippen LogP contribution in [0.15, 0.2) is 36.8 Å². The molecule has 3 rings (SSSR count). The Morgan fingerprint density at radius 2 is 2.10 bits per heavy atom. The van der Waals surface area contributed by atoms with Gasteiger partial charge >= 0.3 is 0 Å². The molecule has 0 unspecified atom stereocenters. The lowest BCUT2D eigenvalue weighted by atomic mass is 10.2. The summed E-state index contributed by atoms with van der Waals surface area (Å²) in [4.78, 5) is 4.37. The van der Waals surface area contributed by atoms with E-state index in [-0.39, 0.29) is 0 Å². The number of aromatic nitrogens is 4. The van der Waals surface area contributed by atoms with E-state index in [1.807, 2.05) is 22.9 Å². The maximum absolute atomic E-state index is 5.81. The first kappa shape index (κ1) is 12.7. The molecular weight excluding hydrogens is 250 g/mol. The molecule has 0 aliphatic heterocycles. The van der Waals surface area contributed by atoms with Crippen LogP contribution in [0.5, 0.6) is 0 Å². The second kappa shape index (κ2) is 5.00. The Morgan fingerprint density at radius 3 is 2.90 bits per heavy atom. The highest BCUT2D eigenvalue weighted by Gasteiger charge is 2.08. The summed E-state index contributed by atoms with van der Waals surface area (Å²) in [6, 6.07) is 8.05. The maximum atomic E-state index is 5.81. The zero-order valence-electron chi connectivity index (χ0n) is 11.8. The van der Waals surface area contributed by atoms with Gasteiger partial charge in [-0.05, 0) is 30.2 Å². The molecule has 2 aromatic heterocycles. The largest absolute Gasteiger partial charge is 0.399 e. The van der Waals surface area contributed by atoms with Crippen molar-refractivity contribution in [3.05, 3.63) is 42.6 Å². The van der Waals surface area contributed by atoms with E-state index in [0.717, 1.165) is 30.0 Å². The minimum atomic E-state index is 0.552. The number of anilines is 1. The lowest BCUT2D eigenvalue weighted by molar-refractivity contribution is 0.462. The summed E-state index contributed by atoms with van der Waals surface area (Å²) in [6.45, 7) is 5.97. The molecule has 2 N–H and O–H groups in total. The number of nitrogens with two attached hydrogens (primary N) is 1. The Bertz CT molecular complexity index is 723. The molecule has 1 aromatic carbocycles. The van der Waals surface area contributed by atoms with Crippen molar-refractivity contribution in [1.82, 2.24) is 19.3 Å². The van der Waals surface area contributed by atoms with Crippen molar-refractivity contribution in [2.24, 2.45) is 5.92 Å². The lowest BCUT2D eigenvalue weighted by Gasteiger charge is -2.10. The molecule has 0 bridgehead atoms. The molecule has 0 fully saturated rings. The topological polar surface area (TPSA) is 61.7 Å². The van der Waals surface area contributed by atoms with Gasteiger partial charge in [0.2, 0.25) is 0 Å². The van der Waals surface area contributed by atoms with Gasteiger partial charge in [-0.3, -0.25) is 0 Å². The zero-order valence-corrected chi connectivity index (χ0v) is 11.8. The fourth-order valence-corrected chi connectivity index (χ4v) is 2.42. The normalized spacial score (nSPS) is 11.6. The molecule has 0 spiro atoms. The third-order valence-electron chi connectivity index (χ3n) is 3.34. The number of fused-ring (bicyclic) bond motifs is 1. The predicted octanol–water partition coefficient (Wildman–Crippen LogP) is 2.52. The first-order valence-electron chi connectivity index (χ1n) is 6.84. The van der Waals surface area contributed by atoms with E-state index in [4.69, 9.17) is 5.73 Å². The van der Waals surface area contributed by atoms with Gasteiger partial charge in [-0.15, -0.1) is 0 Å². The average Bonchev–Trinajstić information content (AvgIpc) is 2.97. The number of nitrogens with zero attached hydrogens (tertiary/aromatic N) is 4. The van der Waals surface area contributed by atoms with E-state index in [0.29, 0.717) is 5.92 Å². The summed E-state index contributed by atoms with van der Waals surface area (Å²) in [5.41, 5.74) is 7.77. The summed E-state index contributed by atoms with van der Waals surface area (Å²) >= 11 is 0. The molecule has 5 heteroatoms. The molecule has 0 saturated carbocycles. The van der Waals surface area contributed by atoms with Crippen molar-refractivity contribution >= 4 is 16.6 Å². The Labute approximate surface area is 118 Å². The first-order valence-corrected chi connectivity index (χ1v) is 6.84. The number of rotatable bonds is 4. The lowest BCUT2D eigenvalue weighted by Crippen LogP contribution is -2.12. The molecule has 0 atom stereocenters. The molecule has 2 heterocycles. The predicted molar refractivity (Wildman–Crippen MR) is 80.3 cm³/mol. The van der Waals surface area contributed by atoms with E-state index in [1.54, 1.807) is 6.33 Å². The Hall–Kier alpha value is -2.30. The molecule has 104 valence electrons. The van der Waals surface area contributed by atoms with E-state index in [1.165, 1.54) is 5.52 Å². The molecule has 5 nitrogen and oxygen atoms in total. The van der Waals surface area contributed by atoms with E-state index in [2.05, 4.69) is 40.8 Å². The van der Waals surface area contributed by atoms with Crippen LogP contribution < -0.4 is 5.73 Å². The third-order valence-corrected chi connectivity index (χ3v) is 3.34.